The lowest BCUT2D eigenvalue weighted by molar-refractivity contribution is -0.152. The van der Waals surface area contributed by atoms with Crippen LogP contribution in [0.1, 0.15) is 40.7 Å². The van der Waals surface area contributed by atoms with Crippen LogP contribution in [-0.2, 0) is 19.1 Å². The van der Waals surface area contributed by atoms with E-state index >= 15 is 0 Å². The molecule has 2 saturated carbocycles. The minimum Gasteiger partial charge on any atom is -0.456 e. The van der Waals surface area contributed by atoms with Crippen molar-refractivity contribution in [1.82, 2.24) is 4.90 Å². The van der Waals surface area contributed by atoms with E-state index in [2.05, 4.69) is 0 Å². The highest BCUT2D eigenvalue weighted by Gasteiger charge is 2.61. The van der Waals surface area contributed by atoms with E-state index in [9.17, 15) is 19.2 Å². The molecule has 0 spiro atoms. The summed E-state index contributed by atoms with van der Waals surface area (Å²) in [6.07, 6.45) is 2.94. The van der Waals surface area contributed by atoms with Gasteiger partial charge >= 0.3 is 5.97 Å². The monoisotopic (exact) mass is 369 g/mol. The Bertz CT molecular complexity index is 817. The average Bonchev–Trinajstić information content (AvgIpc) is 3.31. The van der Waals surface area contributed by atoms with E-state index in [0.717, 1.165) is 35.3 Å². The number of imide groups is 1. The van der Waals surface area contributed by atoms with Gasteiger partial charge in [-0.05, 0) is 56.6 Å². The van der Waals surface area contributed by atoms with Crippen LogP contribution < -0.4 is 0 Å². The van der Waals surface area contributed by atoms with E-state index in [0.29, 0.717) is 5.56 Å². The molecule has 0 unspecified atom stereocenters. The summed E-state index contributed by atoms with van der Waals surface area (Å²) in [4.78, 5) is 50.7. The standard InChI is InChI=1S/C21H23NO5/c1-11-3-4-12(2)15(7-11)16(23)10-27-17(24)9-22-20(25)18-13-5-6-14(8-13)19(18)21(22)26/h3-4,7,13-14,18-19H,5-6,8-10H2,1-2H3/t13-,14+,18-,19+. The molecule has 4 rings (SSSR count). The molecule has 1 saturated heterocycles. The second kappa shape index (κ2) is 6.59. The maximum atomic E-state index is 12.6. The molecule has 2 aliphatic carbocycles. The SMILES string of the molecule is Cc1ccc(C)c(C(=O)COC(=O)CN2C(=O)[C@@H]3[C@@H]4CC[C@@H](C4)[C@@H]3C2=O)c1. The van der Waals surface area contributed by atoms with Gasteiger partial charge in [0.1, 0.15) is 6.54 Å². The van der Waals surface area contributed by atoms with Crippen LogP contribution in [0.5, 0.6) is 0 Å². The van der Waals surface area contributed by atoms with Gasteiger partial charge in [0.25, 0.3) is 0 Å². The number of carbonyl (C=O) groups is 4. The van der Waals surface area contributed by atoms with Gasteiger partial charge in [-0.15, -0.1) is 0 Å². The fourth-order valence-corrected chi connectivity index (χ4v) is 5.06. The zero-order chi connectivity index (χ0) is 19.3. The van der Waals surface area contributed by atoms with Crippen LogP contribution >= 0.6 is 0 Å². The number of fused-ring (bicyclic) bond motifs is 5. The summed E-state index contributed by atoms with van der Waals surface area (Å²) in [5.41, 5.74) is 2.28. The third-order valence-corrected chi connectivity index (χ3v) is 6.36. The van der Waals surface area contributed by atoms with Crippen molar-refractivity contribution in [1.29, 1.82) is 0 Å². The van der Waals surface area contributed by atoms with Gasteiger partial charge in [-0.1, -0.05) is 17.7 Å². The number of ketones is 1. The van der Waals surface area contributed by atoms with Gasteiger partial charge in [-0.25, -0.2) is 0 Å². The van der Waals surface area contributed by atoms with Crippen molar-refractivity contribution in [2.45, 2.75) is 33.1 Å². The Balaban J connectivity index is 1.36. The first-order valence-electron chi connectivity index (χ1n) is 9.48. The number of likely N-dealkylation sites (tertiary alicyclic amines) is 1. The van der Waals surface area contributed by atoms with Crippen LogP contribution in [0.3, 0.4) is 0 Å². The largest absolute Gasteiger partial charge is 0.456 e. The first-order chi connectivity index (χ1) is 12.9. The molecular weight excluding hydrogens is 346 g/mol. The minimum absolute atomic E-state index is 0.241. The van der Waals surface area contributed by atoms with Gasteiger partial charge in [-0.3, -0.25) is 24.1 Å². The topological polar surface area (TPSA) is 80.8 Å². The third-order valence-electron chi connectivity index (χ3n) is 6.36. The Labute approximate surface area is 157 Å². The molecule has 0 radical (unpaired) electrons. The minimum atomic E-state index is -0.720. The van der Waals surface area contributed by atoms with E-state index < -0.39 is 19.1 Å². The lowest BCUT2D eigenvalue weighted by Gasteiger charge is -2.19. The van der Waals surface area contributed by atoms with Gasteiger partial charge in [0, 0.05) is 5.56 Å². The number of hydrogen-bond donors (Lipinski definition) is 0. The first kappa shape index (κ1) is 17.9. The lowest BCUT2D eigenvalue weighted by atomic mass is 9.81. The predicted octanol–water partition coefficient (Wildman–Crippen LogP) is 2.06. The Kier molecular flexibility index (Phi) is 4.36. The second-order valence-corrected chi connectivity index (χ2v) is 8.05. The molecule has 1 aromatic carbocycles. The number of hydrogen-bond acceptors (Lipinski definition) is 5. The fourth-order valence-electron chi connectivity index (χ4n) is 5.06. The zero-order valence-corrected chi connectivity index (χ0v) is 15.6. The summed E-state index contributed by atoms with van der Waals surface area (Å²) >= 11 is 0. The van der Waals surface area contributed by atoms with E-state index in [4.69, 9.17) is 4.74 Å². The molecule has 142 valence electrons. The summed E-state index contributed by atoms with van der Waals surface area (Å²) in [6.45, 7) is 2.92. The molecule has 27 heavy (non-hydrogen) atoms. The molecule has 0 N–H and O–H groups in total. The first-order valence-corrected chi connectivity index (χ1v) is 9.48. The van der Waals surface area contributed by atoms with Gasteiger partial charge in [0.05, 0.1) is 11.8 Å². The summed E-state index contributed by atoms with van der Waals surface area (Å²) in [6, 6.07) is 5.52. The molecule has 2 bridgehead atoms. The number of aryl methyl sites for hydroxylation is 2. The van der Waals surface area contributed by atoms with Crippen molar-refractivity contribution in [3.63, 3.8) is 0 Å². The highest BCUT2D eigenvalue weighted by Crippen LogP contribution is 2.56. The quantitative estimate of drug-likeness (QED) is 0.451. The molecule has 4 atom stereocenters. The van der Waals surface area contributed by atoms with Crippen molar-refractivity contribution >= 4 is 23.6 Å². The number of esters is 1. The molecule has 1 aliphatic heterocycles. The van der Waals surface area contributed by atoms with Crippen LogP contribution in [0.4, 0.5) is 0 Å². The number of benzene rings is 1. The third kappa shape index (κ3) is 2.97. The van der Waals surface area contributed by atoms with Gasteiger partial charge < -0.3 is 4.74 Å². The predicted molar refractivity (Wildman–Crippen MR) is 95.7 cm³/mol. The normalized spacial score (nSPS) is 28.6. The van der Waals surface area contributed by atoms with Gasteiger partial charge in [0.2, 0.25) is 17.6 Å². The van der Waals surface area contributed by atoms with Crippen LogP contribution in [0.25, 0.3) is 0 Å². The Morgan fingerprint density at radius 1 is 1.07 bits per heavy atom. The highest BCUT2D eigenvalue weighted by atomic mass is 16.5. The van der Waals surface area contributed by atoms with Crippen LogP contribution in [-0.4, -0.2) is 41.6 Å². The zero-order valence-electron chi connectivity index (χ0n) is 15.6. The van der Waals surface area contributed by atoms with Gasteiger partial charge in [0.15, 0.2) is 6.61 Å². The summed E-state index contributed by atoms with van der Waals surface area (Å²) in [5, 5.41) is 0. The second-order valence-electron chi connectivity index (χ2n) is 8.05. The number of rotatable bonds is 5. The number of Topliss-reactive ketones (excluding diaryl/α,β-unsaturated/α-hetero) is 1. The number of ether oxygens (including phenoxy) is 1. The Hall–Kier alpha value is -2.50. The lowest BCUT2D eigenvalue weighted by Crippen LogP contribution is -2.38. The van der Waals surface area contributed by atoms with Crippen LogP contribution in [0.2, 0.25) is 0 Å². The molecule has 1 heterocycles. The molecule has 3 fully saturated rings. The Morgan fingerprint density at radius 2 is 1.70 bits per heavy atom. The van der Waals surface area contributed by atoms with E-state index in [-0.39, 0.29) is 41.3 Å². The summed E-state index contributed by atoms with van der Waals surface area (Å²) < 4.78 is 5.07. The maximum absolute atomic E-state index is 12.6. The van der Waals surface area contributed by atoms with E-state index in [1.165, 1.54) is 0 Å². The number of carbonyl (C=O) groups excluding carboxylic acids is 4. The number of nitrogens with zero attached hydrogens (tertiary/aromatic N) is 1. The van der Waals surface area contributed by atoms with Crippen molar-refractivity contribution in [2.24, 2.45) is 23.7 Å². The van der Waals surface area contributed by atoms with Crippen molar-refractivity contribution in [2.75, 3.05) is 13.2 Å². The molecule has 6 nitrogen and oxygen atoms in total. The van der Waals surface area contributed by atoms with E-state index in [1.54, 1.807) is 6.07 Å². The molecule has 1 aromatic rings. The smallest absolute Gasteiger partial charge is 0.326 e. The number of amides is 2. The van der Waals surface area contributed by atoms with Crippen molar-refractivity contribution in [3.05, 3.63) is 34.9 Å². The van der Waals surface area contributed by atoms with Crippen LogP contribution in [0.15, 0.2) is 18.2 Å². The molecule has 6 heteroatoms. The fraction of sp³-hybridized carbons (Fsp3) is 0.524. The highest BCUT2D eigenvalue weighted by molar-refractivity contribution is 6.08. The van der Waals surface area contributed by atoms with Crippen LogP contribution in [0, 0.1) is 37.5 Å². The molecule has 2 amide bonds. The Morgan fingerprint density at radius 3 is 2.33 bits per heavy atom. The molecular formula is C21H23NO5. The maximum Gasteiger partial charge on any atom is 0.326 e. The van der Waals surface area contributed by atoms with E-state index in [1.807, 2.05) is 26.0 Å². The molecule has 0 aromatic heterocycles. The van der Waals surface area contributed by atoms with Crippen molar-refractivity contribution < 1.29 is 23.9 Å². The summed E-state index contributed by atoms with van der Waals surface area (Å²) in [5.74, 6) is -1.43. The molecule has 3 aliphatic rings. The average molecular weight is 369 g/mol. The van der Waals surface area contributed by atoms with Crippen molar-refractivity contribution in [3.8, 4) is 0 Å². The van der Waals surface area contributed by atoms with Gasteiger partial charge in [-0.2, -0.15) is 0 Å². The summed E-state index contributed by atoms with van der Waals surface area (Å²) in [7, 11) is 0.